The number of rotatable bonds is 6. The van der Waals surface area contributed by atoms with E-state index in [1.54, 1.807) is 0 Å². The Labute approximate surface area is 145 Å². The first-order valence-corrected chi connectivity index (χ1v) is 8.37. The van der Waals surface area contributed by atoms with Crippen LogP contribution in [0.1, 0.15) is 41.6 Å². The number of likely N-dealkylation sites (tertiary alicyclic amines) is 1. The van der Waals surface area contributed by atoms with E-state index in [1.807, 2.05) is 24.3 Å². The molecule has 3 rings (SSSR count). The molecule has 0 bridgehead atoms. The molecule has 2 fully saturated rings. The van der Waals surface area contributed by atoms with Gasteiger partial charge in [-0.05, 0) is 68.9 Å². The van der Waals surface area contributed by atoms with Crippen molar-refractivity contribution in [2.75, 3.05) is 26.7 Å². The predicted molar refractivity (Wildman–Crippen MR) is 94.1 cm³/mol. The number of ether oxygens (including phenoxy) is 1. The fourth-order valence-corrected chi connectivity index (χ4v) is 3.07. The molecular formula is C18H27ClN2O2. The predicted octanol–water partition coefficient (Wildman–Crippen LogP) is 2.86. The summed E-state index contributed by atoms with van der Waals surface area (Å²) in [5.41, 5.74) is 1.88. The number of nitrogens with one attached hydrogen (secondary N) is 1. The van der Waals surface area contributed by atoms with E-state index in [4.69, 9.17) is 4.74 Å². The molecule has 5 heteroatoms. The molecule has 1 heterocycles. The molecule has 0 atom stereocenters. The Morgan fingerprint density at radius 3 is 2.39 bits per heavy atom. The Morgan fingerprint density at radius 2 is 1.83 bits per heavy atom. The van der Waals surface area contributed by atoms with Gasteiger partial charge in [0.15, 0.2) is 0 Å². The van der Waals surface area contributed by atoms with Gasteiger partial charge in [-0.3, -0.25) is 4.90 Å². The Bertz CT molecular complexity index is 494. The highest BCUT2D eigenvalue weighted by Gasteiger charge is 2.24. The summed E-state index contributed by atoms with van der Waals surface area (Å²) in [6, 6.07) is 8.47. The normalized spacial score (nSPS) is 19.2. The van der Waals surface area contributed by atoms with Crippen LogP contribution in [0.4, 0.5) is 0 Å². The van der Waals surface area contributed by atoms with Crippen molar-refractivity contribution in [3.8, 4) is 0 Å². The van der Waals surface area contributed by atoms with Gasteiger partial charge in [-0.2, -0.15) is 0 Å². The number of halogens is 1. The van der Waals surface area contributed by atoms with Crippen LogP contribution in [0.25, 0.3) is 0 Å². The molecule has 0 spiro atoms. The van der Waals surface area contributed by atoms with E-state index in [2.05, 4.69) is 10.2 Å². The van der Waals surface area contributed by atoms with Gasteiger partial charge in [-0.1, -0.05) is 12.1 Å². The van der Waals surface area contributed by atoms with Crippen LogP contribution in [0.2, 0.25) is 0 Å². The van der Waals surface area contributed by atoms with Gasteiger partial charge < -0.3 is 10.1 Å². The summed E-state index contributed by atoms with van der Waals surface area (Å²) in [5, 5.41) is 3.72. The fourth-order valence-electron chi connectivity index (χ4n) is 3.07. The molecule has 4 nitrogen and oxygen atoms in total. The molecule has 2 aliphatic rings. The van der Waals surface area contributed by atoms with Gasteiger partial charge >= 0.3 is 5.97 Å². The second-order valence-corrected chi connectivity index (χ2v) is 6.59. The number of piperidine rings is 1. The van der Waals surface area contributed by atoms with E-state index in [1.165, 1.54) is 44.9 Å². The van der Waals surface area contributed by atoms with Crippen molar-refractivity contribution in [2.24, 2.45) is 5.92 Å². The maximum atomic E-state index is 11.4. The Hall–Kier alpha value is -1.10. The monoisotopic (exact) mass is 338 g/mol. The molecule has 1 saturated carbocycles. The summed E-state index contributed by atoms with van der Waals surface area (Å²) < 4.78 is 4.73. The van der Waals surface area contributed by atoms with Crippen molar-refractivity contribution >= 4 is 18.4 Å². The maximum absolute atomic E-state index is 11.4. The largest absolute Gasteiger partial charge is 0.465 e. The smallest absolute Gasteiger partial charge is 0.337 e. The van der Waals surface area contributed by atoms with Crippen LogP contribution in [0, 0.1) is 5.92 Å². The summed E-state index contributed by atoms with van der Waals surface area (Å²) >= 11 is 0. The minimum absolute atomic E-state index is 0. The third-order valence-electron chi connectivity index (χ3n) is 4.76. The number of carbonyl (C=O) groups is 1. The molecule has 1 aliphatic carbocycles. The van der Waals surface area contributed by atoms with Crippen LogP contribution in [0.3, 0.4) is 0 Å². The van der Waals surface area contributed by atoms with Crippen molar-refractivity contribution in [3.63, 3.8) is 0 Å². The summed E-state index contributed by atoms with van der Waals surface area (Å²) in [7, 11) is 1.41. The summed E-state index contributed by atoms with van der Waals surface area (Å²) in [4.78, 5) is 13.9. The van der Waals surface area contributed by atoms with Gasteiger partial charge in [-0.15, -0.1) is 12.4 Å². The molecule has 1 N–H and O–H groups in total. The Balaban J connectivity index is 0.00000192. The highest BCUT2D eigenvalue weighted by Crippen LogP contribution is 2.28. The lowest BCUT2D eigenvalue weighted by molar-refractivity contribution is 0.0600. The number of esters is 1. The number of nitrogens with zero attached hydrogens (tertiary/aromatic N) is 1. The van der Waals surface area contributed by atoms with Crippen molar-refractivity contribution in [3.05, 3.63) is 35.4 Å². The minimum Gasteiger partial charge on any atom is -0.465 e. The topological polar surface area (TPSA) is 41.6 Å². The average molecular weight is 339 g/mol. The molecular weight excluding hydrogens is 312 g/mol. The summed E-state index contributed by atoms with van der Waals surface area (Å²) in [6.45, 7) is 4.50. The first kappa shape index (κ1) is 18.2. The lowest BCUT2D eigenvalue weighted by atomic mass is 10.0. The quantitative estimate of drug-likeness (QED) is 0.810. The van der Waals surface area contributed by atoms with E-state index >= 15 is 0 Å². The van der Waals surface area contributed by atoms with E-state index in [0.29, 0.717) is 11.6 Å². The number of benzene rings is 1. The molecule has 0 radical (unpaired) electrons. The van der Waals surface area contributed by atoms with Crippen molar-refractivity contribution in [1.29, 1.82) is 0 Å². The summed E-state index contributed by atoms with van der Waals surface area (Å²) in [6.07, 6.45) is 5.33. The van der Waals surface area contributed by atoms with Crippen LogP contribution < -0.4 is 5.32 Å². The zero-order valence-electron chi connectivity index (χ0n) is 13.8. The molecule has 23 heavy (non-hydrogen) atoms. The van der Waals surface area contributed by atoms with E-state index in [9.17, 15) is 4.79 Å². The fraction of sp³-hybridized carbons (Fsp3) is 0.611. The van der Waals surface area contributed by atoms with Gasteiger partial charge in [0.2, 0.25) is 0 Å². The van der Waals surface area contributed by atoms with Crippen molar-refractivity contribution < 1.29 is 9.53 Å². The number of hydrogen-bond acceptors (Lipinski definition) is 4. The number of carbonyl (C=O) groups excluding carboxylic acids is 1. The molecule has 0 amide bonds. The molecule has 1 saturated heterocycles. The van der Waals surface area contributed by atoms with Crippen LogP contribution in [-0.2, 0) is 11.3 Å². The molecule has 0 aromatic heterocycles. The van der Waals surface area contributed by atoms with Gasteiger partial charge in [0.05, 0.1) is 12.7 Å². The molecule has 128 valence electrons. The third kappa shape index (κ3) is 5.48. The molecule has 1 aliphatic heterocycles. The zero-order chi connectivity index (χ0) is 15.4. The maximum Gasteiger partial charge on any atom is 0.337 e. The lowest BCUT2D eigenvalue weighted by Gasteiger charge is -2.32. The molecule has 1 aromatic rings. The van der Waals surface area contributed by atoms with E-state index in [0.717, 1.165) is 25.6 Å². The van der Waals surface area contributed by atoms with Gasteiger partial charge in [-0.25, -0.2) is 4.79 Å². The van der Waals surface area contributed by atoms with Crippen molar-refractivity contribution in [2.45, 2.75) is 38.3 Å². The molecule has 1 aromatic carbocycles. The van der Waals surface area contributed by atoms with E-state index < -0.39 is 0 Å². The second kappa shape index (κ2) is 8.67. The van der Waals surface area contributed by atoms with Gasteiger partial charge in [0.1, 0.15) is 0 Å². The second-order valence-electron chi connectivity index (χ2n) is 6.59. The highest BCUT2D eigenvalue weighted by atomic mass is 35.5. The first-order chi connectivity index (χ1) is 10.7. The van der Waals surface area contributed by atoms with Crippen LogP contribution in [-0.4, -0.2) is 43.7 Å². The number of hydrogen-bond donors (Lipinski definition) is 1. The first-order valence-electron chi connectivity index (χ1n) is 8.37. The lowest BCUT2D eigenvalue weighted by Crippen LogP contribution is -2.42. The highest BCUT2D eigenvalue weighted by molar-refractivity contribution is 5.89. The Morgan fingerprint density at radius 1 is 1.17 bits per heavy atom. The zero-order valence-corrected chi connectivity index (χ0v) is 14.6. The Kier molecular flexibility index (Phi) is 6.88. The van der Waals surface area contributed by atoms with Gasteiger partial charge in [0, 0.05) is 12.6 Å². The number of methoxy groups -OCH3 is 1. The standard InChI is InChI=1S/C18H26N2O2.ClH/c1-22-18(21)16-6-4-15(5-7-16)13-20-10-8-17(9-11-20)19-12-14-2-3-14;/h4-7,14,17,19H,2-3,8-13H2,1H3;1H. The van der Waals surface area contributed by atoms with E-state index in [-0.39, 0.29) is 18.4 Å². The van der Waals surface area contributed by atoms with Crippen molar-refractivity contribution in [1.82, 2.24) is 10.2 Å². The van der Waals surface area contributed by atoms with Crippen LogP contribution >= 0.6 is 12.4 Å². The SMILES string of the molecule is COC(=O)c1ccc(CN2CCC(NCC3CC3)CC2)cc1.Cl. The van der Waals surface area contributed by atoms with Gasteiger partial charge in [0.25, 0.3) is 0 Å². The average Bonchev–Trinajstić information content (AvgIpc) is 3.38. The summed E-state index contributed by atoms with van der Waals surface area (Å²) in [5.74, 6) is 0.695. The third-order valence-corrected chi connectivity index (χ3v) is 4.76. The molecule has 0 unspecified atom stereocenters. The van der Waals surface area contributed by atoms with Crippen LogP contribution in [0.5, 0.6) is 0 Å². The minimum atomic E-state index is -0.269. The van der Waals surface area contributed by atoms with Crippen LogP contribution in [0.15, 0.2) is 24.3 Å².